The Balaban J connectivity index is 2.04. The summed E-state index contributed by atoms with van der Waals surface area (Å²) in [6.07, 6.45) is 5.50. The maximum atomic E-state index is 12.7. The highest BCUT2D eigenvalue weighted by molar-refractivity contribution is 7.86. The lowest BCUT2D eigenvalue weighted by Crippen LogP contribution is -2.47. The summed E-state index contributed by atoms with van der Waals surface area (Å²) in [6, 6.07) is 0. The van der Waals surface area contributed by atoms with Gasteiger partial charge in [0.1, 0.15) is 5.82 Å². The molecule has 1 fully saturated rings. The first-order valence-corrected chi connectivity index (χ1v) is 8.67. The van der Waals surface area contributed by atoms with Crippen LogP contribution in [0.3, 0.4) is 0 Å². The van der Waals surface area contributed by atoms with Crippen LogP contribution >= 0.6 is 0 Å². The quantitative estimate of drug-likeness (QED) is 0.804. The van der Waals surface area contributed by atoms with Gasteiger partial charge in [0.2, 0.25) is 0 Å². The molecule has 1 aromatic heterocycles. The monoisotopic (exact) mass is 315 g/mol. The molecule has 1 N–H and O–H groups in total. The summed E-state index contributed by atoms with van der Waals surface area (Å²) >= 11 is 0. The van der Waals surface area contributed by atoms with Crippen molar-refractivity contribution in [2.24, 2.45) is 13.0 Å². The summed E-state index contributed by atoms with van der Waals surface area (Å²) in [7, 11) is 1.97. The van der Waals surface area contributed by atoms with E-state index in [9.17, 15) is 8.42 Å². The van der Waals surface area contributed by atoms with Crippen LogP contribution in [0, 0.1) is 5.92 Å². The molecule has 0 spiro atoms. The topological polar surface area (TPSA) is 70.5 Å². The summed E-state index contributed by atoms with van der Waals surface area (Å²) in [4.78, 5) is 4.19. The van der Waals surface area contributed by atoms with Gasteiger partial charge in [-0.1, -0.05) is 0 Å². The van der Waals surface area contributed by atoms with Gasteiger partial charge in [-0.05, 0) is 32.4 Å². The molecule has 1 aliphatic rings. The van der Waals surface area contributed by atoms with Crippen molar-refractivity contribution in [3.05, 3.63) is 18.2 Å². The summed E-state index contributed by atoms with van der Waals surface area (Å²) in [6.45, 7) is 2.34. The number of nitrogens with zero attached hydrogens (tertiary/aromatic N) is 4. The number of nitrogens with one attached hydrogen (secondary N) is 1. The minimum Gasteiger partial charge on any atom is -0.337 e. The van der Waals surface area contributed by atoms with E-state index in [1.165, 1.54) is 4.31 Å². The number of rotatable bonds is 6. The standard InChI is InChI=1S/C13H25N5O2S/c1-14-9-12-5-4-7-18(10-12)21(19,20)17(3)11-13-15-6-8-16(13)2/h6,8,12,14H,4-5,7,9-11H2,1-3H3. The van der Waals surface area contributed by atoms with Crippen molar-refractivity contribution in [1.29, 1.82) is 0 Å². The van der Waals surface area contributed by atoms with Gasteiger partial charge in [0.05, 0.1) is 6.54 Å². The summed E-state index contributed by atoms with van der Waals surface area (Å²) in [5.74, 6) is 1.13. The molecule has 120 valence electrons. The van der Waals surface area contributed by atoms with Crippen molar-refractivity contribution < 1.29 is 8.42 Å². The van der Waals surface area contributed by atoms with Gasteiger partial charge >= 0.3 is 0 Å². The lowest BCUT2D eigenvalue weighted by Gasteiger charge is -2.34. The molecule has 1 atom stereocenters. The second-order valence-electron chi connectivity index (χ2n) is 5.64. The van der Waals surface area contributed by atoms with Crippen molar-refractivity contribution in [3.8, 4) is 0 Å². The van der Waals surface area contributed by atoms with E-state index in [0.717, 1.165) is 25.2 Å². The molecule has 1 aliphatic heterocycles. The Labute approximate surface area is 127 Å². The highest BCUT2D eigenvalue weighted by Gasteiger charge is 2.32. The molecule has 0 aliphatic carbocycles. The minimum absolute atomic E-state index is 0.291. The lowest BCUT2D eigenvalue weighted by molar-refractivity contribution is 0.247. The number of hydrogen-bond acceptors (Lipinski definition) is 4. The molecule has 7 nitrogen and oxygen atoms in total. The van der Waals surface area contributed by atoms with Gasteiger partial charge in [-0.2, -0.15) is 17.0 Å². The van der Waals surface area contributed by atoms with E-state index in [-0.39, 0.29) is 0 Å². The smallest absolute Gasteiger partial charge is 0.282 e. The van der Waals surface area contributed by atoms with Crippen LogP contribution in [0.5, 0.6) is 0 Å². The zero-order valence-corrected chi connectivity index (χ0v) is 13.8. The van der Waals surface area contributed by atoms with Crippen LogP contribution in [0.15, 0.2) is 12.4 Å². The molecule has 0 radical (unpaired) electrons. The predicted octanol–water partition coefficient (Wildman–Crippen LogP) is 0.0281. The van der Waals surface area contributed by atoms with Crippen molar-refractivity contribution in [2.45, 2.75) is 19.4 Å². The average molecular weight is 315 g/mol. The third-order valence-electron chi connectivity index (χ3n) is 3.98. The molecule has 1 saturated heterocycles. The van der Waals surface area contributed by atoms with Gasteiger partial charge in [0, 0.05) is 39.6 Å². The third-order valence-corrected chi connectivity index (χ3v) is 5.88. The van der Waals surface area contributed by atoms with Crippen molar-refractivity contribution in [2.75, 3.05) is 33.7 Å². The number of imidazole rings is 1. The Morgan fingerprint density at radius 1 is 1.52 bits per heavy atom. The second kappa shape index (κ2) is 6.87. The van der Waals surface area contributed by atoms with E-state index < -0.39 is 10.2 Å². The lowest BCUT2D eigenvalue weighted by atomic mass is 10.00. The molecule has 1 aromatic rings. The normalized spacial score (nSPS) is 21.0. The van der Waals surface area contributed by atoms with E-state index in [1.807, 2.05) is 24.9 Å². The first-order chi connectivity index (χ1) is 9.95. The molecule has 0 saturated carbocycles. The molecule has 2 rings (SSSR count). The number of aromatic nitrogens is 2. The first kappa shape index (κ1) is 16.4. The fourth-order valence-electron chi connectivity index (χ4n) is 2.72. The zero-order chi connectivity index (χ0) is 15.5. The Morgan fingerprint density at radius 2 is 2.29 bits per heavy atom. The Kier molecular flexibility index (Phi) is 5.37. The van der Waals surface area contributed by atoms with E-state index >= 15 is 0 Å². The predicted molar refractivity (Wildman–Crippen MR) is 81.8 cm³/mol. The molecule has 1 unspecified atom stereocenters. The van der Waals surface area contributed by atoms with Crippen molar-refractivity contribution in [1.82, 2.24) is 23.5 Å². The van der Waals surface area contributed by atoms with E-state index in [1.54, 1.807) is 17.5 Å². The van der Waals surface area contributed by atoms with E-state index in [0.29, 0.717) is 25.6 Å². The van der Waals surface area contributed by atoms with Crippen molar-refractivity contribution in [3.63, 3.8) is 0 Å². The van der Waals surface area contributed by atoms with Gasteiger partial charge in [0.25, 0.3) is 10.2 Å². The van der Waals surface area contributed by atoms with E-state index in [4.69, 9.17) is 0 Å². The molecule has 8 heteroatoms. The van der Waals surface area contributed by atoms with Crippen LogP contribution in [-0.2, 0) is 23.8 Å². The first-order valence-electron chi connectivity index (χ1n) is 7.27. The summed E-state index contributed by atoms with van der Waals surface area (Å²) in [5.41, 5.74) is 0. The minimum atomic E-state index is -3.42. The molecule has 21 heavy (non-hydrogen) atoms. The Bertz CT molecular complexity index is 555. The zero-order valence-electron chi connectivity index (χ0n) is 13.0. The molecular formula is C13H25N5O2S. The Hall–Kier alpha value is -0.960. The molecule has 0 aromatic carbocycles. The third kappa shape index (κ3) is 3.82. The molecule has 0 amide bonds. The van der Waals surface area contributed by atoms with Crippen molar-refractivity contribution >= 4 is 10.2 Å². The van der Waals surface area contributed by atoms with Crippen LogP contribution in [-0.4, -0.2) is 60.3 Å². The fourth-order valence-corrected chi connectivity index (χ4v) is 4.15. The second-order valence-corrected chi connectivity index (χ2v) is 7.68. The molecular weight excluding hydrogens is 290 g/mol. The van der Waals surface area contributed by atoms with Crippen LogP contribution in [0.25, 0.3) is 0 Å². The van der Waals surface area contributed by atoms with Gasteiger partial charge in [-0.25, -0.2) is 4.98 Å². The fraction of sp³-hybridized carbons (Fsp3) is 0.769. The summed E-state index contributed by atoms with van der Waals surface area (Å²) < 4.78 is 30.2. The van der Waals surface area contributed by atoms with Crippen LogP contribution in [0.4, 0.5) is 0 Å². The highest BCUT2D eigenvalue weighted by atomic mass is 32.2. The SMILES string of the molecule is CNCC1CCCN(S(=O)(=O)N(C)Cc2nccn2C)C1. The molecule has 0 bridgehead atoms. The molecule has 2 heterocycles. The number of hydrogen-bond donors (Lipinski definition) is 1. The van der Waals surface area contributed by atoms with Gasteiger partial charge < -0.3 is 9.88 Å². The number of aryl methyl sites for hydroxylation is 1. The van der Waals surface area contributed by atoms with Gasteiger partial charge in [-0.15, -0.1) is 0 Å². The van der Waals surface area contributed by atoms with Crippen LogP contribution in [0.1, 0.15) is 18.7 Å². The average Bonchev–Trinajstić information content (AvgIpc) is 2.85. The summed E-state index contributed by atoms with van der Waals surface area (Å²) in [5, 5.41) is 3.13. The maximum absolute atomic E-state index is 12.7. The highest BCUT2D eigenvalue weighted by Crippen LogP contribution is 2.20. The van der Waals surface area contributed by atoms with E-state index in [2.05, 4.69) is 10.3 Å². The maximum Gasteiger partial charge on any atom is 0.282 e. The largest absolute Gasteiger partial charge is 0.337 e. The van der Waals surface area contributed by atoms with Gasteiger partial charge in [-0.3, -0.25) is 0 Å². The van der Waals surface area contributed by atoms with Crippen LogP contribution in [0.2, 0.25) is 0 Å². The Morgan fingerprint density at radius 3 is 2.90 bits per heavy atom. The number of piperidine rings is 1. The van der Waals surface area contributed by atoms with Crippen LogP contribution < -0.4 is 5.32 Å². The van der Waals surface area contributed by atoms with Gasteiger partial charge in [0.15, 0.2) is 0 Å².